The highest BCUT2D eigenvalue weighted by Gasteiger charge is 2.51. The lowest BCUT2D eigenvalue weighted by Gasteiger charge is -2.41. The van der Waals surface area contributed by atoms with Crippen LogP contribution in [0, 0.1) is 0 Å². The SMILES string of the molecule is CCCCC/C=C\C=C/CCCCCCC(O)CC(=O)NC(COP(=O)(O)OC1C(O)C(O)C(O)C(O)C1O)C(O)/C=C/CCCCCCCCCCCCCC. The van der Waals surface area contributed by atoms with Crippen molar-refractivity contribution in [3.8, 4) is 0 Å². The summed E-state index contributed by atoms with van der Waals surface area (Å²) in [6.07, 6.45) is 22.3. The van der Waals surface area contributed by atoms with Crippen LogP contribution in [0.1, 0.15) is 168 Å². The third-order valence-electron chi connectivity index (χ3n) is 10.5. The number of hydrogen-bond acceptors (Lipinski definition) is 11. The van der Waals surface area contributed by atoms with E-state index in [9.17, 15) is 50.0 Å². The van der Waals surface area contributed by atoms with Crippen molar-refractivity contribution in [1.82, 2.24) is 5.32 Å². The fourth-order valence-electron chi connectivity index (χ4n) is 6.82. The van der Waals surface area contributed by atoms with E-state index in [1.54, 1.807) is 6.08 Å². The monoisotopic (exact) mass is 834 g/mol. The average molecular weight is 834 g/mol. The van der Waals surface area contributed by atoms with Crippen LogP contribution in [0.15, 0.2) is 36.5 Å². The summed E-state index contributed by atoms with van der Waals surface area (Å²) in [5, 5.41) is 74.3. The number of phosphoric ester groups is 1. The summed E-state index contributed by atoms with van der Waals surface area (Å²) in [5.74, 6) is -0.607. The lowest BCUT2D eigenvalue weighted by atomic mass is 9.85. The second kappa shape index (κ2) is 33.3. The molecule has 0 heterocycles. The molecule has 1 amide bonds. The molecule has 57 heavy (non-hydrogen) atoms. The van der Waals surface area contributed by atoms with Crippen LogP contribution >= 0.6 is 7.82 Å². The van der Waals surface area contributed by atoms with E-state index in [2.05, 4.69) is 43.5 Å². The number of nitrogens with one attached hydrogen (secondary N) is 1. The van der Waals surface area contributed by atoms with Gasteiger partial charge in [0.15, 0.2) is 0 Å². The van der Waals surface area contributed by atoms with E-state index in [1.165, 1.54) is 83.1 Å². The minimum absolute atomic E-state index is 0.259. The number of aliphatic hydroxyl groups is 7. The van der Waals surface area contributed by atoms with Crippen molar-refractivity contribution >= 4 is 13.7 Å². The van der Waals surface area contributed by atoms with Crippen molar-refractivity contribution < 1.29 is 59.0 Å². The van der Waals surface area contributed by atoms with Crippen LogP contribution in [0.25, 0.3) is 0 Å². The molecule has 0 aromatic carbocycles. The zero-order valence-corrected chi connectivity index (χ0v) is 35.9. The quantitative estimate of drug-likeness (QED) is 0.0143. The molecule has 334 valence electrons. The molecule has 8 atom stereocenters. The molecule has 1 aliphatic carbocycles. The zero-order valence-electron chi connectivity index (χ0n) is 35.0. The van der Waals surface area contributed by atoms with E-state index in [-0.39, 0.29) is 6.42 Å². The Hall–Kier alpha value is -1.48. The Morgan fingerprint density at radius 3 is 1.58 bits per heavy atom. The number of rotatable bonds is 35. The first kappa shape index (κ1) is 53.5. The van der Waals surface area contributed by atoms with Crippen molar-refractivity contribution in [1.29, 1.82) is 0 Å². The van der Waals surface area contributed by atoms with E-state index >= 15 is 0 Å². The van der Waals surface area contributed by atoms with Gasteiger partial charge in [-0.3, -0.25) is 13.8 Å². The van der Waals surface area contributed by atoms with Gasteiger partial charge in [-0.2, -0.15) is 0 Å². The summed E-state index contributed by atoms with van der Waals surface area (Å²) in [7, 11) is -5.14. The smallest absolute Gasteiger partial charge is 0.393 e. The summed E-state index contributed by atoms with van der Waals surface area (Å²) in [4.78, 5) is 23.4. The predicted molar refractivity (Wildman–Crippen MR) is 224 cm³/mol. The van der Waals surface area contributed by atoms with Gasteiger partial charge in [0, 0.05) is 0 Å². The predicted octanol–water partition coefficient (Wildman–Crippen LogP) is 6.58. The molecule has 13 nitrogen and oxygen atoms in total. The van der Waals surface area contributed by atoms with Crippen molar-refractivity contribution in [2.75, 3.05) is 6.61 Å². The van der Waals surface area contributed by atoms with Crippen LogP contribution in [-0.4, -0.2) is 108 Å². The molecule has 1 aliphatic rings. The van der Waals surface area contributed by atoms with Gasteiger partial charge in [0.25, 0.3) is 0 Å². The number of aliphatic hydroxyl groups excluding tert-OH is 7. The van der Waals surface area contributed by atoms with Gasteiger partial charge >= 0.3 is 7.82 Å². The third kappa shape index (κ3) is 25.7. The van der Waals surface area contributed by atoms with Crippen molar-refractivity contribution in [3.05, 3.63) is 36.5 Å². The summed E-state index contributed by atoms with van der Waals surface area (Å²) in [5.41, 5.74) is 0. The Bertz CT molecular complexity index is 1120. The molecule has 1 rings (SSSR count). The first-order valence-electron chi connectivity index (χ1n) is 22.0. The zero-order chi connectivity index (χ0) is 42.3. The Balaban J connectivity index is 2.62. The van der Waals surface area contributed by atoms with Gasteiger partial charge in [-0.15, -0.1) is 0 Å². The number of hydrogen-bond donors (Lipinski definition) is 9. The van der Waals surface area contributed by atoms with E-state index in [0.717, 1.165) is 57.8 Å². The maximum Gasteiger partial charge on any atom is 0.472 e. The van der Waals surface area contributed by atoms with E-state index in [1.807, 2.05) is 0 Å². The van der Waals surface area contributed by atoms with Gasteiger partial charge in [-0.05, 0) is 44.9 Å². The van der Waals surface area contributed by atoms with Crippen LogP contribution in [-0.2, 0) is 18.4 Å². The third-order valence-corrected chi connectivity index (χ3v) is 11.5. The minimum atomic E-state index is -5.14. The first-order chi connectivity index (χ1) is 27.3. The van der Waals surface area contributed by atoms with Gasteiger partial charge in [-0.1, -0.05) is 153 Å². The summed E-state index contributed by atoms with van der Waals surface area (Å²) in [6.45, 7) is 3.68. The molecule has 9 N–H and O–H groups in total. The molecule has 0 radical (unpaired) electrons. The minimum Gasteiger partial charge on any atom is -0.393 e. The van der Waals surface area contributed by atoms with E-state index < -0.39 is 75.2 Å². The number of phosphoric acid groups is 1. The van der Waals surface area contributed by atoms with E-state index in [4.69, 9.17) is 9.05 Å². The van der Waals surface area contributed by atoms with Crippen LogP contribution in [0.2, 0.25) is 0 Å². The van der Waals surface area contributed by atoms with Gasteiger partial charge in [-0.25, -0.2) is 4.57 Å². The normalized spacial score (nSPS) is 24.3. The molecule has 14 heteroatoms. The Morgan fingerprint density at radius 2 is 1.05 bits per heavy atom. The molecule has 1 saturated carbocycles. The molecule has 8 unspecified atom stereocenters. The highest BCUT2D eigenvalue weighted by atomic mass is 31.2. The van der Waals surface area contributed by atoms with Gasteiger partial charge in [0.2, 0.25) is 5.91 Å². The van der Waals surface area contributed by atoms with Crippen molar-refractivity contribution in [3.63, 3.8) is 0 Å². The lowest BCUT2D eigenvalue weighted by Crippen LogP contribution is -2.64. The molecule has 0 bridgehead atoms. The molecule has 0 aromatic heterocycles. The standard InChI is InChI=1S/C43H80NO12P/c1-3-5-7-9-11-13-15-17-19-21-23-25-27-29-31-36(46)35(33-55-57(53,54)56-43-41(51)39(49)38(48)40(50)42(43)52)44-37(47)32-34(45)30-28-26-24-22-20-18-16-14-12-10-8-6-4-2/h12,14,16,18,29,31,34-36,38-43,45-46,48-52H,3-11,13,15,17,19-28,30,32-33H2,1-2H3,(H,44,47)(H,53,54)/b14-12-,18-16-,31-29+. The lowest BCUT2D eigenvalue weighted by molar-refractivity contribution is -0.220. The maximum absolute atomic E-state index is 13.0. The van der Waals surface area contributed by atoms with Crippen LogP contribution in [0.4, 0.5) is 0 Å². The summed E-state index contributed by atoms with van der Waals surface area (Å²) < 4.78 is 22.8. The second-order valence-corrected chi connectivity index (χ2v) is 17.2. The number of amides is 1. The highest BCUT2D eigenvalue weighted by Crippen LogP contribution is 2.47. The largest absolute Gasteiger partial charge is 0.472 e. The number of allylic oxidation sites excluding steroid dienone is 5. The number of carbonyl (C=O) groups excluding carboxylic acids is 1. The van der Waals surface area contributed by atoms with Gasteiger partial charge in [0.1, 0.15) is 36.6 Å². The van der Waals surface area contributed by atoms with Crippen LogP contribution in [0.3, 0.4) is 0 Å². The van der Waals surface area contributed by atoms with Gasteiger partial charge in [0.05, 0.1) is 31.3 Å². The Kier molecular flexibility index (Phi) is 31.2. The summed E-state index contributed by atoms with van der Waals surface area (Å²) in [6, 6.07) is -1.24. The first-order valence-corrected chi connectivity index (χ1v) is 23.5. The molecule has 1 fully saturated rings. The molecular weight excluding hydrogens is 753 g/mol. The van der Waals surface area contributed by atoms with Crippen molar-refractivity contribution in [2.24, 2.45) is 0 Å². The molecule has 0 aliphatic heterocycles. The van der Waals surface area contributed by atoms with Gasteiger partial charge < -0.3 is 46.0 Å². The van der Waals surface area contributed by atoms with Crippen LogP contribution < -0.4 is 5.32 Å². The Morgan fingerprint density at radius 1 is 0.632 bits per heavy atom. The van der Waals surface area contributed by atoms with Crippen LogP contribution in [0.5, 0.6) is 0 Å². The number of carbonyl (C=O) groups is 1. The summed E-state index contributed by atoms with van der Waals surface area (Å²) >= 11 is 0. The Labute approximate surface area is 343 Å². The molecular formula is C43H80NO12P. The maximum atomic E-state index is 13.0. The average Bonchev–Trinajstić information content (AvgIpc) is 3.18. The molecule has 0 saturated heterocycles. The van der Waals surface area contributed by atoms with Crippen molar-refractivity contribution in [2.45, 2.75) is 223 Å². The highest BCUT2D eigenvalue weighted by molar-refractivity contribution is 7.47. The molecule has 0 spiro atoms. The molecule has 0 aromatic rings. The second-order valence-electron chi connectivity index (χ2n) is 15.8. The number of unbranched alkanes of at least 4 members (excludes halogenated alkanes) is 19. The topological polar surface area (TPSA) is 226 Å². The fourth-order valence-corrected chi connectivity index (χ4v) is 7.78. The van der Waals surface area contributed by atoms with E-state index in [0.29, 0.717) is 12.8 Å². The fraction of sp³-hybridized carbons (Fsp3) is 0.837.